The first-order chi connectivity index (χ1) is 16.2. The zero-order valence-corrected chi connectivity index (χ0v) is 20.0. The van der Waals surface area contributed by atoms with E-state index in [1.807, 2.05) is 30.3 Å². The van der Waals surface area contributed by atoms with Crippen molar-refractivity contribution in [3.63, 3.8) is 0 Å². The number of carbonyl (C=O) groups excluding carboxylic acids is 2. The lowest BCUT2D eigenvalue weighted by molar-refractivity contribution is -0.117. The molecule has 0 bridgehead atoms. The van der Waals surface area contributed by atoms with Gasteiger partial charge in [0.25, 0.3) is 0 Å². The lowest BCUT2D eigenvalue weighted by Gasteiger charge is -2.19. The van der Waals surface area contributed by atoms with Gasteiger partial charge in [0, 0.05) is 18.3 Å². The van der Waals surface area contributed by atoms with Crippen LogP contribution in [0.5, 0.6) is 5.75 Å². The van der Waals surface area contributed by atoms with Crippen LogP contribution in [0.2, 0.25) is 0 Å². The molecule has 0 aliphatic heterocycles. The summed E-state index contributed by atoms with van der Waals surface area (Å²) in [7, 11) is -2.49. The zero-order chi connectivity index (χ0) is 24.7. The minimum atomic E-state index is -4.00. The molecule has 0 aliphatic rings. The van der Waals surface area contributed by atoms with Gasteiger partial charge in [0.15, 0.2) is 0 Å². The SMILES string of the molecule is COc1ccc(S(=O)(=O)NC(Cc2ccccc2)C(=O)Nc2ccc(NC(C)=O)cc2)cc1C. The maximum atomic E-state index is 13.1. The van der Waals surface area contributed by atoms with Crippen LogP contribution in [0.25, 0.3) is 0 Å². The molecule has 3 N–H and O–H groups in total. The molecular weight excluding hydrogens is 454 g/mol. The Kier molecular flexibility index (Phi) is 8.04. The number of carbonyl (C=O) groups is 2. The first-order valence-corrected chi connectivity index (χ1v) is 12.1. The molecule has 1 unspecified atom stereocenters. The molecule has 34 heavy (non-hydrogen) atoms. The Morgan fingerprint density at radius 3 is 2.09 bits per heavy atom. The van der Waals surface area contributed by atoms with Crippen molar-refractivity contribution in [1.29, 1.82) is 0 Å². The number of aryl methyl sites for hydroxylation is 1. The van der Waals surface area contributed by atoms with Crippen LogP contribution in [-0.4, -0.2) is 33.4 Å². The van der Waals surface area contributed by atoms with Crippen molar-refractivity contribution in [2.24, 2.45) is 0 Å². The number of anilines is 2. The van der Waals surface area contributed by atoms with E-state index >= 15 is 0 Å². The molecule has 3 rings (SSSR count). The summed E-state index contributed by atoms with van der Waals surface area (Å²) in [5, 5.41) is 5.40. The molecule has 0 saturated carbocycles. The highest BCUT2D eigenvalue weighted by Gasteiger charge is 2.26. The number of hydrogen-bond donors (Lipinski definition) is 3. The van der Waals surface area contributed by atoms with Gasteiger partial charge in [-0.2, -0.15) is 4.72 Å². The van der Waals surface area contributed by atoms with E-state index in [4.69, 9.17) is 4.74 Å². The average molecular weight is 482 g/mol. The van der Waals surface area contributed by atoms with Gasteiger partial charge in [-0.15, -0.1) is 0 Å². The van der Waals surface area contributed by atoms with Crippen LogP contribution >= 0.6 is 0 Å². The number of hydrogen-bond acceptors (Lipinski definition) is 5. The van der Waals surface area contributed by atoms with E-state index in [0.717, 1.165) is 5.56 Å². The quantitative estimate of drug-likeness (QED) is 0.433. The predicted molar refractivity (Wildman–Crippen MR) is 131 cm³/mol. The maximum Gasteiger partial charge on any atom is 0.242 e. The number of amides is 2. The number of ether oxygens (including phenoxy) is 1. The van der Waals surface area contributed by atoms with Crippen molar-refractivity contribution >= 4 is 33.2 Å². The standard InChI is InChI=1S/C25H27N3O5S/c1-17-15-22(13-14-24(17)33-3)34(31,32)28-23(16-19-7-5-4-6-8-19)25(30)27-21-11-9-20(10-12-21)26-18(2)29/h4-15,23,28H,16H2,1-3H3,(H,26,29)(H,27,30). The molecule has 0 heterocycles. The van der Waals surface area contributed by atoms with Crippen LogP contribution in [0, 0.1) is 6.92 Å². The molecule has 3 aromatic rings. The van der Waals surface area contributed by atoms with Gasteiger partial charge in [-0.3, -0.25) is 9.59 Å². The Morgan fingerprint density at radius 2 is 1.53 bits per heavy atom. The molecule has 8 nitrogen and oxygen atoms in total. The van der Waals surface area contributed by atoms with E-state index in [0.29, 0.717) is 22.7 Å². The van der Waals surface area contributed by atoms with Gasteiger partial charge >= 0.3 is 0 Å². The maximum absolute atomic E-state index is 13.1. The van der Waals surface area contributed by atoms with Crippen LogP contribution in [0.15, 0.2) is 77.7 Å². The largest absolute Gasteiger partial charge is 0.496 e. The topological polar surface area (TPSA) is 114 Å². The van der Waals surface area contributed by atoms with Crippen molar-refractivity contribution in [2.45, 2.75) is 31.2 Å². The Balaban J connectivity index is 1.83. The number of benzene rings is 3. The molecule has 0 fully saturated rings. The Morgan fingerprint density at radius 1 is 0.912 bits per heavy atom. The summed E-state index contributed by atoms with van der Waals surface area (Å²) < 4.78 is 34.0. The third-order valence-electron chi connectivity index (χ3n) is 5.05. The van der Waals surface area contributed by atoms with E-state index in [1.165, 1.54) is 26.2 Å². The summed E-state index contributed by atoms with van der Waals surface area (Å²) >= 11 is 0. The van der Waals surface area contributed by atoms with Gasteiger partial charge in [-0.05, 0) is 66.9 Å². The summed E-state index contributed by atoms with van der Waals surface area (Å²) in [6, 6.07) is 19.2. The third kappa shape index (κ3) is 6.66. The summed E-state index contributed by atoms with van der Waals surface area (Å²) in [4.78, 5) is 24.4. The highest BCUT2D eigenvalue weighted by molar-refractivity contribution is 7.89. The van der Waals surface area contributed by atoms with E-state index in [2.05, 4.69) is 15.4 Å². The highest BCUT2D eigenvalue weighted by Crippen LogP contribution is 2.22. The smallest absolute Gasteiger partial charge is 0.242 e. The van der Waals surface area contributed by atoms with Crippen molar-refractivity contribution in [1.82, 2.24) is 4.72 Å². The van der Waals surface area contributed by atoms with Crippen molar-refractivity contribution in [3.8, 4) is 5.75 Å². The summed E-state index contributed by atoms with van der Waals surface area (Å²) in [5.41, 5.74) is 2.52. The van der Waals surface area contributed by atoms with Crippen LogP contribution in [0.4, 0.5) is 11.4 Å². The number of sulfonamides is 1. The van der Waals surface area contributed by atoms with E-state index in [-0.39, 0.29) is 17.2 Å². The molecule has 0 aromatic heterocycles. The second-order valence-electron chi connectivity index (χ2n) is 7.74. The molecule has 3 aromatic carbocycles. The normalized spacial score (nSPS) is 12.0. The van der Waals surface area contributed by atoms with Gasteiger partial charge in [0.05, 0.1) is 12.0 Å². The fraction of sp³-hybridized carbons (Fsp3) is 0.200. The van der Waals surface area contributed by atoms with Gasteiger partial charge in [0.2, 0.25) is 21.8 Å². The number of methoxy groups -OCH3 is 1. The van der Waals surface area contributed by atoms with E-state index in [9.17, 15) is 18.0 Å². The first-order valence-electron chi connectivity index (χ1n) is 10.6. The lowest BCUT2D eigenvalue weighted by atomic mass is 10.1. The van der Waals surface area contributed by atoms with Gasteiger partial charge in [0.1, 0.15) is 11.8 Å². The van der Waals surface area contributed by atoms with Crippen LogP contribution in [0.3, 0.4) is 0 Å². The first kappa shape index (κ1) is 24.9. The van der Waals surface area contributed by atoms with E-state index in [1.54, 1.807) is 37.3 Å². The predicted octanol–water partition coefficient (Wildman–Crippen LogP) is 3.49. The summed E-state index contributed by atoms with van der Waals surface area (Å²) in [6.07, 6.45) is 0.158. The van der Waals surface area contributed by atoms with E-state index < -0.39 is 22.0 Å². The van der Waals surface area contributed by atoms with Crippen LogP contribution < -0.4 is 20.1 Å². The molecule has 2 amide bonds. The Bertz CT molecular complexity index is 1260. The third-order valence-corrected chi connectivity index (χ3v) is 6.52. The second-order valence-corrected chi connectivity index (χ2v) is 9.46. The average Bonchev–Trinajstić information content (AvgIpc) is 2.80. The molecule has 178 valence electrons. The molecular formula is C25H27N3O5S. The van der Waals surface area contributed by atoms with Crippen LogP contribution in [0.1, 0.15) is 18.1 Å². The zero-order valence-electron chi connectivity index (χ0n) is 19.2. The number of rotatable bonds is 9. The summed E-state index contributed by atoms with van der Waals surface area (Å²) in [5.74, 6) is -0.145. The molecule has 9 heteroatoms. The molecule has 1 atom stereocenters. The second kappa shape index (κ2) is 11.0. The molecule has 0 saturated heterocycles. The van der Waals surface area contributed by atoms with Gasteiger partial charge in [-0.1, -0.05) is 30.3 Å². The Hall–Kier alpha value is -3.69. The van der Waals surface area contributed by atoms with Crippen molar-refractivity contribution < 1.29 is 22.7 Å². The monoisotopic (exact) mass is 481 g/mol. The van der Waals surface area contributed by atoms with Gasteiger partial charge in [-0.25, -0.2) is 8.42 Å². The van der Waals surface area contributed by atoms with Crippen LogP contribution in [-0.2, 0) is 26.0 Å². The molecule has 0 radical (unpaired) electrons. The van der Waals surface area contributed by atoms with Gasteiger partial charge < -0.3 is 15.4 Å². The fourth-order valence-corrected chi connectivity index (χ4v) is 4.66. The fourth-order valence-electron chi connectivity index (χ4n) is 3.38. The van der Waals surface area contributed by atoms with Crippen molar-refractivity contribution in [3.05, 3.63) is 83.9 Å². The minimum absolute atomic E-state index is 0.0383. The summed E-state index contributed by atoms with van der Waals surface area (Å²) in [6.45, 7) is 3.15. The molecule has 0 spiro atoms. The lowest BCUT2D eigenvalue weighted by Crippen LogP contribution is -2.45. The molecule has 0 aliphatic carbocycles. The number of nitrogens with one attached hydrogen (secondary N) is 3. The van der Waals surface area contributed by atoms with Crippen molar-refractivity contribution in [2.75, 3.05) is 17.7 Å². The highest BCUT2D eigenvalue weighted by atomic mass is 32.2. The minimum Gasteiger partial charge on any atom is -0.496 e. The Labute approximate surface area is 199 Å².